The Morgan fingerprint density at radius 3 is 2.81 bits per heavy atom. The molecule has 1 aromatic rings. The summed E-state index contributed by atoms with van der Waals surface area (Å²) in [5.74, 6) is -0.611. The number of hydrogen-bond acceptors (Lipinski definition) is 3. The average Bonchev–Trinajstić information content (AvgIpc) is 2.24. The van der Waals surface area contributed by atoms with E-state index >= 15 is 0 Å². The second kappa shape index (κ2) is 5.84. The van der Waals surface area contributed by atoms with Crippen LogP contribution in [0, 0.1) is 5.82 Å². The van der Waals surface area contributed by atoms with Gasteiger partial charge >= 0.3 is 5.97 Å². The van der Waals surface area contributed by atoms with Gasteiger partial charge in [-0.3, -0.25) is 0 Å². The zero-order valence-corrected chi connectivity index (χ0v) is 10.6. The molecule has 3 nitrogen and oxygen atoms in total. The molecule has 0 amide bonds. The van der Waals surface area contributed by atoms with Gasteiger partial charge in [-0.1, -0.05) is 0 Å². The molecule has 0 saturated carbocycles. The van der Waals surface area contributed by atoms with Crippen LogP contribution in [0.4, 0.5) is 4.39 Å². The van der Waals surface area contributed by atoms with E-state index in [4.69, 9.17) is 9.47 Å². The summed E-state index contributed by atoms with van der Waals surface area (Å²) >= 11 is 3.03. The van der Waals surface area contributed by atoms with Crippen LogP contribution >= 0.6 is 15.9 Å². The highest BCUT2D eigenvalue weighted by atomic mass is 79.9. The lowest BCUT2D eigenvalue weighted by atomic mass is 10.3. The predicted octanol–water partition coefficient (Wildman–Crippen LogP) is 2.92. The van der Waals surface area contributed by atoms with Crippen molar-refractivity contribution >= 4 is 21.9 Å². The van der Waals surface area contributed by atoms with Crippen LogP contribution in [0.3, 0.4) is 0 Å². The maximum Gasteiger partial charge on any atom is 0.347 e. The van der Waals surface area contributed by atoms with Crippen LogP contribution in [0.25, 0.3) is 0 Å². The van der Waals surface area contributed by atoms with Crippen molar-refractivity contribution in [1.29, 1.82) is 0 Å². The highest BCUT2D eigenvalue weighted by Gasteiger charge is 2.16. The zero-order valence-electron chi connectivity index (χ0n) is 9.00. The summed E-state index contributed by atoms with van der Waals surface area (Å²) < 4.78 is 23.5. The van der Waals surface area contributed by atoms with E-state index in [-0.39, 0.29) is 0 Å². The zero-order chi connectivity index (χ0) is 12.1. The van der Waals surface area contributed by atoms with Crippen LogP contribution in [-0.4, -0.2) is 18.7 Å². The number of halogens is 2. The van der Waals surface area contributed by atoms with Crippen molar-refractivity contribution < 1.29 is 18.7 Å². The molecule has 1 atom stereocenters. The average molecular weight is 291 g/mol. The molecule has 0 N–H and O–H groups in total. The molecule has 0 saturated heterocycles. The molecule has 1 unspecified atom stereocenters. The quantitative estimate of drug-likeness (QED) is 0.800. The summed E-state index contributed by atoms with van der Waals surface area (Å²) in [5.41, 5.74) is 0. The molecular formula is C11H12BrFO3. The van der Waals surface area contributed by atoms with E-state index in [0.29, 0.717) is 16.8 Å². The molecule has 0 aliphatic rings. The fourth-order valence-corrected chi connectivity index (χ4v) is 1.31. The molecule has 5 heteroatoms. The minimum Gasteiger partial charge on any atom is -0.479 e. The lowest BCUT2D eigenvalue weighted by Gasteiger charge is -2.13. The number of carbonyl (C=O) groups is 1. The molecule has 16 heavy (non-hydrogen) atoms. The Balaban J connectivity index is 2.66. The first-order chi connectivity index (χ1) is 7.54. The molecule has 0 spiro atoms. The first-order valence-corrected chi connectivity index (χ1v) is 5.62. The van der Waals surface area contributed by atoms with Crippen LogP contribution in [-0.2, 0) is 9.53 Å². The Morgan fingerprint density at radius 1 is 1.56 bits per heavy atom. The van der Waals surface area contributed by atoms with Crippen LogP contribution in [0.2, 0.25) is 0 Å². The first-order valence-electron chi connectivity index (χ1n) is 4.83. The number of hydrogen-bond donors (Lipinski definition) is 0. The third-order valence-corrected chi connectivity index (χ3v) is 2.47. The summed E-state index contributed by atoms with van der Waals surface area (Å²) in [4.78, 5) is 11.2. The van der Waals surface area contributed by atoms with Crippen molar-refractivity contribution in [2.75, 3.05) is 6.61 Å². The number of benzene rings is 1. The molecule has 0 heterocycles. The van der Waals surface area contributed by atoms with Gasteiger partial charge in [0.1, 0.15) is 11.6 Å². The van der Waals surface area contributed by atoms with Crippen LogP contribution in [0.15, 0.2) is 22.7 Å². The van der Waals surface area contributed by atoms with Gasteiger partial charge in [0.25, 0.3) is 0 Å². The lowest BCUT2D eigenvalue weighted by Crippen LogP contribution is -2.26. The van der Waals surface area contributed by atoms with Crippen molar-refractivity contribution in [2.24, 2.45) is 0 Å². The minimum absolute atomic E-state index is 0.293. The monoisotopic (exact) mass is 290 g/mol. The van der Waals surface area contributed by atoms with E-state index in [2.05, 4.69) is 15.9 Å². The van der Waals surface area contributed by atoms with E-state index in [1.807, 2.05) is 0 Å². The Labute approximate surface area is 102 Å². The summed E-state index contributed by atoms with van der Waals surface area (Å²) in [6.45, 7) is 3.56. The lowest BCUT2D eigenvalue weighted by molar-refractivity contribution is -0.150. The van der Waals surface area contributed by atoms with Gasteiger partial charge in [0.05, 0.1) is 11.1 Å². The Bertz CT molecular complexity index is 381. The molecule has 0 radical (unpaired) electrons. The third kappa shape index (κ3) is 3.48. The second-order valence-electron chi connectivity index (χ2n) is 3.09. The molecule has 1 rings (SSSR count). The summed E-state index contributed by atoms with van der Waals surface area (Å²) in [7, 11) is 0. The normalized spacial score (nSPS) is 12.0. The van der Waals surface area contributed by atoms with Crippen molar-refractivity contribution in [1.82, 2.24) is 0 Å². The topological polar surface area (TPSA) is 35.5 Å². The van der Waals surface area contributed by atoms with Crippen LogP contribution in [0.5, 0.6) is 5.75 Å². The fourth-order valence-electron chi connectivity index (χ4n) is 1.06. The molecule has 0 aliphatic heterocycles. The summed E-state index contributed by atoms with van der Waals surface area (Å²) in [5, 5.41) is 0. The van der Waals surface area contributed by atoms with Gasteiger partial charge in [-0.25, -0.2) is 9.18 Å². The predicted molar refractivity (Wildman–Crippen MR) is 60.8 cm³/mol. The van der Waals surface area contributed by atoms with E-state index in [1.54, 1.807) is 19.9 Å². The molecule has 1 aromatic carbocycles. The maximum atomic E-state index is 13.1. The van der Waals surface area contributed by atoms with Gasteiger partial charge in [0.2, 0.25) is 0 Å². The van der Waals surface area contributed by atoms with Crippen molar-refractivity contribution in [2.45, 2.75) is 20.0 Å². The van der Waals surface area contributed by atoms with Gasteiger partial charge in [-0.15, -0.1) is 0 Å². The molecule has 0 aliphatic carbocycles. The van der Waals surface area contributed by atoms with E-state index in [0.717, 1.165) is 0 Å². The van der Waals surface area contributed by atoms with Gasteiger partial charge < -0.3 is 9.47 Å². The van der Waals surface area contributed by atoms with Crippen molar-refractivity contribution in [3.8, 4) is 5.75 Å². The standard InChI is InChI=1S/C11H12BrFO3/c1-3-15-11(14)7(2)16-8-4-5-9(12)10(13)6-8/h4-7H,3H2,1-2H3. The molecule has 88 valence electrons. The number of rotatable bonds is 4. The van der Waals surface area contributed by atoms with Crippen LogP contribution < -0.4 is 4.74 Å². The molecular weight excluding hydrogens is 279 g/mol. The molecule has 0 aromatic heterocycles. The SMILES string of the molecule is CCOC(=O)C(C)Oc1ccc(Br)c(F)c1. The molecule has 0 fully saturated rings. The van der Waals surface area contributed by atoms with Crippen LogP contribution in [0.1, 0.15) is 13.8 Å². The number of ether oxygens (including phenoxy) is 2. The van der Waals surface area contributed by atoms with Gasteiger partial charge in [-0.05, 0) is 41.9 Å². The number of carbonyl (C=O) groups excluding carboxylic acids is 1. The smallest absolute Gasteiger partial charge is 0.347 e. The largest absolute Gasteiger partial charge is 0.479 e. The van der Waals surface area contributed by atoms with E-state index in [1.165, 1.54) is 12.1 Å². The van der Waals surface area contributed by atoms with Gasteiger partial charge in [0.15, 0.2) is 6.10 Å². The fraction of sp³-hybridized carbons (Fsp3) is 0.364. The summed E-state index contributed by atoms with van der Waals surface area (Å²) in [6, 6.07) is 4.30. The Morgan fingerprint density at radius 2 is 2.25 bits per heavy atom. The van der Waals surface area contributed by atoms with E-state index in [9.17, 15) is 9.18 Å². The minimum atomic E-state index is -0.750. The Kier molecular flexibility index (Phi) is 4.73. The van der Waals surface area contributed by atoms with Gasteiger partial charge in [-0.2, -0.15) is 0 Å². The maximum absolute atomic E-state index is 13.1. The Hall–Kier alpha value is -1.10. The highest BCUT2D eigenvalue weighted by Crippen LogP contribution is 2.21. The van der Waals surface area contributed by atoms with Gasteiger partial charge in [0, 0.05) is 6.07 Å². The van der Waals surface area contributed by atoms with E-state index < -0.39 is 17.9 Å². The van der Waals surface area contributed by atoms with Crippen molar-refractivity contribution in [3.63, 3.8) is 0 Å². The second-order valence-corrected chi connectivity index (χ2v) is 3.94. The number of esters is 1. The third-order valence-electron chi connectivity index (χ3n) is 1.82. The van der Waals surface area contributed by atoms with Crippen molar-refractivity contribution in [3.05, 3.63) is 28.5 Å². The highest BCUT2D eigenvalue weighted by molar-refractivity contribution is 9.10. The summed E-state index contributed by atoms with van der Waals surface area (Å²) in [6.07, 6.45) is -0.750. The molecule has 0 bridgehead atoms. The first kappa shape index (κ1) is 13.0.